The second-order valence-electron chi connectivity index (χ2n) is 4.87. The number of thiophene rings is 1. The number of hydrogen-bond acceptors (Lipinski definition) is 5. The predicted molar refractivity (Wildman–Crippen MR) is 66.1 cm³/mol. The minimum atomic E-state index is -0.309. The maximum absolute atomic E-state index is 10.6. The number of nitrogens with zero attached hydrogens (tertiary/aromatic N) is 2. The van der Waals surface area contributed by atoms with Crippen LogP contribution in [-0.4, -0.2) is 36.0 Å². The number of nitro groups is 1. The van der Waals surface area contributed by atoms with Crippen molar-refractivity contribution in [3.05, 3.63) is 27.1 Å². The zero-order valence-electron chi connectivity index (χ0n) is 9.46. The van der Waals surface area contributed by atoms with E-state index in [9.17, 15) is 10.1 Å². The second kappa shape index (κ2) is 4.36. The fraction of sp³-hybridized carbons (Fsp3) is 0.636. The normalized spacial score (nSPS) is 28.5. The van der Waals surface area contributed by atoms with Gasteiger partial charge in [-0.1, -0.05) is 11.3 Å². The number of rotatable bonds is 3. The molecule has 92 valence electrons. The van der Waals surface area contributed by atoms with E-state index < -0.39 is 0 Å². The van der Waals surface area contributed by atoms with E-state index in [-0.39, 0.29) is 9.92 Å². The van der Waals surface area contributed by atoms with Crippen LogP contribution < -0.4 is 5.32 Å². The topological polar surface area (TPSA) is 58.4 Å². The van der Waals surface area contributed by atoms with Gasteiger partial charge in [-0.2, -0.15) is 0 Å². The van der Waals surface area contributed by atoms with Crippen molar-refractivity contribution < 1.29 is 4.92 Å². The highest BCUT2D eigenvalue weighted by atomic mass is 32.1. The van der Waals surface area contributed by atoms with Crippen LogP contribution >= 0.6 is 11.3 Å². The molecule has 0 saturated carbocycles. The first-order valence-electron chi connectivity index (χ1n) is 5.88. The monoisotopic (exact) mass is 253 g/mol. The lowest BCUT2D eigenvalue weighted by atomic mass is 10.0. The van der Waals surface area contributed by atoms with E-state index in [2.05, 4.69) is 10.2 Å². The Kier molecular flexibility index (Phi) is 2.85. The summed E-state index contributed by atoms with van der Waals surface area (Å²) in [6.07, 6.45) is 0. The van der Waals surface area contributed by atoms with Crippen LogP contribution in [0.5, 0.6) is 0 Å². The maximum atomic E-state index is 10.6. The maximum Gasteiger partial charge on any atom is 0.324 e. The standard InChI is InChI=1S/C11H15N3O2S/c15-14(16)11-2-1-10(17-11)7-13-5-8-3-12-4-9(8)6-13/h1-2,8-9,12H,3-7H2. The molecule has 2 saturated heterocycles. The van der Waals surface area contributed by atoms with Gasteiger partial charge in [0.25, 0.3) is 0 Å². The molecule has 1 N–H and O–H groups in total. The quantitative estimate of drug-likeness (QED) is 0.652. The van der Waals surface area contributed by atoms with Crippen molar-refractivity contribution >= 4 is 16.3 Å². The Morgan fingerprint density at radius 1 is 1.41 bits per heavy atom. The molecule has 1 aromatic rings. The zero-order chi connectivity index (χ0) is 11.8. The summed E-state index contributed by atoms with van der Waals surface area (Å²) < 4.78 is 0. The fourth-order valence-corrected chi connectivity index (χ4v) is 3.71. The molecule has 17 heavy (non-hydrogen) atoms. The summed E-state index contributed by atoms with van der Waals surface area (Å²) in [7, 11) is 0. The van der Waals surface area contributed by atoms with Gasteiger partial charge in [-0.05, 0) is 31.0 Å². The lowest BCUT2D eigenvalue weighted by molar-refractivity contribution is -0.380. The zero-order valence-corrected chi connectivity index (χ0v) is 10.3. The molecule has 2 atom stereocenters. The van der Waals surface area contributed by atoms with E-state index in [0.29, 0.717) is 0 Å². The number of nitrogens with one attached hydrogen (secondary N) is 1. The van der Waals surface area contributed by atoms with E-state index in [0.717, 1.165) is 49.4 Å². The van der Waals surface area contributed by atoms with Crippen LogP contribution in [0, 0.1) is 22.0 Å². The van der Waals surface area contributed by atoms with Gasteiger partial charge in [0, 0.05) is 30.6 Å². The summed E-state index contributed by atoms with van der Waals surface area (Å²) in [5, 5.41) is 14.3. The molecule has 2 aliphatic rings. The molecule has 0 spiro atoms. The van der Waals surface area contributed by atoms with Gasteiger partial charge in [0.2, 0.25) is 0 Å². The van der Waals surface area contributed by atoms with Crippen molar-refractivity contribution in [2.45, 2.75) is 6.54 Å². The van der Waals surface area contributed by atoms with Gasteiger partial charge in [0.1, 0.15) is 0 Å². The van der Waals surface area contributed by atoms with Crippen LogP contribution in [0.1, 0.15) is 4.88 Å². The molecule has 1 aromatic heterocycles. The summed E-state index contributed by atoms with van der Waals surface area (Å²) >= 11 is 1.30. The van der Waals surface area contributed by atoms with E-state index in [1.807, 2.05) is 6.07 Å². The average molecular weight is 253 g/mol. The van der Waals surface area contributed by atoms with Crippen molar-refractivity contribution in [3.8, 4) is 0 Å². The lowest BCUT2D eigenvalue weighted by Crippen LogP contribution is -2.24. The highest BCUT2D eigenvalue weighted by molar-refractivity contribution is 7.15. The molecule has 0 radical (unpaired) electrons. The van der Waals surface area contributed by atoms with E-state index in [1.54, 1.807) is 6.07 Å². The van der Waals surface area contributed by atoms with E-state index in [4.69, 9.17) is 0 Å². The Morgan fingerprint density at radius 3 is 2.71 bits per heavy atom. The first-order chi connectivity index (χ1) is 8.22. The molecule has 2 fully saturated rings. The molecule has 0 aromatic carbocycles. The highest BCUT2D eigenvalue weighted by Crippen LogP contribution is 2.30. The SMILES string of the molecule is O=[N+]([O-])c1ccc(CN2CC3CNCC3C2)s1. The molecule has 5 nitrogen and oxygen atoms in total. The van der Waals surface area contributed by atoms with Gasteiger partial charge < -0.3 is 5.32 Å². The third-order valence-electron chi connectivity index (χ3n) is 3.67. The highest BCUT2D eigenvalue weighted by Gasteiger charge is 2.35. The summed E-state index contributed by atoms with van der Waals surface area (Å²) in [6.45, 7) is 5.38. The third kappa shape index (κ3) is 2.20. The Morgan fingerprint density at radius 2 is 2.12 bits per heavy atom. The van der Waals surface area contributed by atoms with Crippen LogP contribution in [0.4, 0.5) is 5.00 Å². The van der Waals surface area contributed by atoms with Crippen molar-refractivity contribution in [1.82, 2.24) is 10.2 Å². The number of fused-ring (bicyclic) bond motifs is 1. The Hall–Kier alpha value is -0.980. The Bertz CT molecular complexity index is 422. The molecule has 2 unspecified atom stereocenters. The molecule has 3 rings (SSSR count). The summed E-state index contributed by atoms with van der Waals surface area (Å²) in [5.74, 6) is 1.56. The molecule has 0 bridgehead atoms. The minimum absolute atomic E-state index is 0.251. The lowest BCUT2D eigenvalue weighted by Gasteiger charge is -2.15. The molecule has 0 aliphatic carbocycles. The van der Waals surface area contributed by atoms with Crippen LogP contribution in [0.15, 0.2) is 12.1 Å². The van der Waals surface area contributed by atoms with Gasteiger partial charge >= 0.3 is 5.00 Å². The van der Waals surface area contributed by atoms with Crippen LogP contribution in [0.2, 0.25) is 0 Å². The molecular formula is C11H15N3O2S. The smallest absolute Gasteiger partial charge is 0.316 e. The van der Waals surface area contributed by atoms with Crippen LogP contribution in [0.25, 0.3) is 0 Å². The van der Waals surface area contributed by atoms with Crippen molar-refractivity contribution in [2.24, 2.45) is 11.8 Å². The first kappa shape index (κ1) is 11.1. The van der Waals surface area contributed by atoms with Crippen molar-refractivity contribution in [2.75, 3.05) is 26.2 Å². The Balaban J connectivity index is 1.61. The van der Waals surface area contributed by atoms with Gasteiger partial charge in [-0.25, -0.2) is 0 Å². The van der Waals surface area contributed by atoms with Crippen molar-refractivity contribution in [3.63, 3.8) is 0 Å². The predicted octanol–water partition coefficient (Wildman–Crippen LogP) is 1.31. The van der Waals surface area contributed by atoms with Crippen LogP contribution in [-0.2, 0) is 6.54 Å². The van der Waals surface area contributed by atoms with Gasteiger partial charge in [0.05, 0.1) is 4.92 Å². The third-order valence-corrected chi connectivity index (χ3v) is 4.69. The van der Waals surface area contributed by atoms with E-state index in [1.165, 1.54) is 11.3 Å². The summed E-state index contributed by atoms with van der Waals surface area (Å²) in [5.41, 5.74) is 0. The van der Waals surface area contributed by atoms with Gasteiger partial charge in [0.15, 0.2) is 0 Å². The van der Waals surface area contributed by atoms with Gasteiger partial charge in [-0.3, -0.25) is 15.0 Å². The molecule has 3 heterocycles. The number of likely N-dealkylation sites (tertiary alicyclic amines) is 1. The molecule has 2 aliphatic heterocycles. The first-order valence-corrected chi connectivity index (χ1v) is 6.70. The second-order valence-corrected chi connectivity index (χ2v) is 6.02. The largest absolute Gasteiger partial charge is 0.324 e. The Labute approximate surface area is 104 Å². The molecule has 0 amide bonds. The van der Waals surface area contributed by atoms with Gasteiger partial charge in [-0.15, -0.1) is 0 Å². The molecule has 6 heteroatoms. The molecular weight excluding hydrogens is 238 g/mol. The average Bonchev–Trinajstić information content (AvgIpc) is 2.91. The summed E-state index contributed by atoms with van der Waals surface area (Å²) in [6, 6.07) is 3.49. The minimum Gasteiger partial charge on any atom is -0.316 e. The van der Waals surface area contributed by atoms with Crippen LogP contribution in [0.3, 0.4) is 0 Å². The van der Waals surface area contributed by atoms with Crippen molar-refractivity contribution in [1.29, 1.82) is 0 Å². The summed E-state index contributed by atoms with van der Waals surface area (Å²) in [4.78, 5) is 13.8. The van der Waals surface area contributed by atoms with E-state index >= 15 is 0 Å². The fourth-order valence-electron chi connectivity index (χ4n) is 2.85. The number of hydrogen-bond donors (Lipinski definition) is 1.